The molecule has 8 nitrogen and oxygen atoms in total. The van der Waals surface area contributed by atoms with Gasteiger partial charge in [0.25, 0.3) is 0 Å². The highest BCUT2D eigenvalue weighted by atomic mass is 16.2. The maximum Gasteiger partial charge on any atom is 0.337 e. The number of nitrogens with one attached hydrogen (secondary N) is 3. The molecule has 0 saturated heterocycles. The second-order valence-corrected chi connectivity index (χ2v) is 4.77. The Kier molecular flexibility index (Phi) is 3.57. The van der Waals surface area contributed by atoms with E-state index in [2.05, 4.69) is 31.2 Å². The largest absolute Gasteiger partial charge is 0.337 e. The lowest BCUT2D eigenvalue weighted by atomic mass is 10.2. The van der Waals surface area contributed by atoms with Crippen LogP contribution in [-0.2, 0) is 7.05 Å². The number of fused-ring (bicyclic) bond motifs is 1. The van der Waals surface area contributed by atoms with E-state index in [0.29, 0.717) is 11.5 Å². The Labute approximate surface area is 126 Å². The predicted molar refractivity (Wildman–Crippen MR) is 83.3 cm³/mol. The normalized spacial score (nSPS) is 10.5. The number of rotatable bonds is 3. The predicted octanol–water partition coefficient (Wildman–Crippen LogP) is 1.82. The van der Waals surface area contributed by atoms with E-state index in [1.807, 2.05) is 20.0 Å². The summed E-state index contributed by atoms with van der Waals surface area (Å²) in [4.78, 5) is 20.1. The summed E-state index contributed by atoms with van der Waals surface area (Å²) < 4.78 is 1.69. The molecule has 3 rings (SSSR count). The Bertz CT molecular complexity index is 813. The number of urea groups is 1. The molecule has 0 aliphatic rings. The fourth-order valence-corrected chi connectivity index (χ4v) is 2.05. The first-order chi connectivity index (χ1) is 10.6. The minimum absolute atomic E-state index is 0.393. The van der Waals surface area contributed by atoms with Gasteiger partial charge in [0.1, 0.15) is 5.82 Å². The van der Waals surface area contributed by atoms with Gasteiger partial charge in [-0.15, -0.1) is 0 Å². The number of carbonyl (C=O) groups excluding carboxylic acids is 1. The van der Waals surface area contributed by atoms with Crippen molar-refractivity contribution in [3.63, 3.8) is 0 Å². The summed E-state index contributed by atoms with van der Waals surface area (Å²) in [5.74, 6) is 0.540. The number of carbonyl (C=O) groups is 1. The molecule has 3 N–H and O–H groups in total. The van der Waals surface area contributed by atoms with Crippen LogP contribution >= 0.6 is 0 Å². The summed E-state index contributed by atoms with van der Waals surface area (Å²) in [7, 11) is 1.82. The Morgan fingerprint density at radius 1 is 1.27 bits per heavy atom. The summed E-state index contributed by atoms with van der Waals surface area (Å²) in [5, 5.41) is 7.82. The molecule has 0 fully saturated rings. The molecular formula is C14H15N7O. The molecule has 0 radical (unpaired) electrons. The molecule has 0 spiro atoms. The maximum absolute atomic E-state index is 11.8. The van der Waals surface area contributed by atoms with Gasteiger partial charge in [0.05, 0.1) is 6.20 Å². The number of aromatic nitrogens is 4. The van der Waals surface area contributed by atoms with Gasteiger partial charge in [-0.1, -0.05) is 0 Å². The summed E-state index contributed by atoms with van der Waals surface area (Å²) in [6.07, 6.45) is 4.97. The first-order valence-corrected chi connectivity index (χ1v) is 6.66. The van der Waals surface area contributed by atoms with Crippen molar-refractivity contribution in [1.82, 2.24) is 25.2 Å². The molecule has 112 valence electrons. The van der Waals surface area contributed by atoms with Crippen molar-refractivity contribution in [2.24, 2.45) is 7.05 Å². The molecule has 3 aromatic heterocycles. The lowest BCUT2D eigenvalue weighted by Gasteiger charge is -2.10. The van der Waals surface area contributed by atoms with Crippen molar-refractivity contribution in [1.29, 1.82) is 0 Å². The summed E-state index contributed by atoms with van der Waals surface area (Å²) in [6.45, 7) is 1.97. The van der Waals surface area contributed by atoms with E-state index >= 15 is 0 Å². The fourth-order valence-electron chi connectivity index (χ4n) is 2.05. The maximum atomic E-state index is 11.8. The fraction of sp³-hybridized carbons (Fsp3) is 0.143. The first-order valence-electron chi connectivity index (χ1n) is 6.66. The van der Waals surface area contributed by atoms with E-state index in [1.165, 1.54) is 0 Å². The van der Waals surface area contributed by atoms with E-state index in [4.69, 9.17) is 0 Å². The second-order valence-electron chi connectivity index (χ2n) is 4.77. The Morgan fingerprint density at radius 3 is 2.82 bits per heavy atom. The van der Waals surface area contributed by atoms with Crippen molar-refractivity contribution in [3.05, 3.63) is 42.4 Å². The zero-order valence-electron chi connectivity index (χ0n) is 12.2. The minimum Gasteiger partial charge on any atom is -0.306 e. The number of nitrogens with zero attached hydrogens (tertiary/aromatic N) is 4. The summed E-state index contributed by atoms with van der Waals surface area (Å²) >= 11 is 0. The van der Waals surface area contributed by atoms with Crippen LogP contribution in [0.5, 0.6) is 0 Å². The Balaban J connectivity index is 1.68. The SMILES string of the molecule is Cc1cc(NNC(=O)Nc2ccncc2)nc2c1cnn2C. The minimum atomic E-state index is -0.393. The van der Waals surface area contributed by atoms with Gasteiger partial charge in [-0.2, -0.15) is 5.10 Å². The lowest BCUT2D eigenvalue weighted by Crippen LogP contribution is -2.33. The van der Waals surface area contributed by atoms with Crippen LogP contribution in [0, 0.1) is 6.92 Å². The van der Waals surface area contributed by atoms with Crippen LogP contribution < -0.4 is 16.2 Å². The highest BCUT2D eigenvalue weighted by molar-refractivity contribution is 5.90. The van der Waals surface area contributed by atoms with Gasteiger partial charge in [-0.25, -0.2) is 9.78 Å². The molecule has 2 amide bonds. The number of hydrogen-bond donors (Lipinski definition) is 3. The van der Waals surface area contributed by atoms with Crippen LogP contribution in [0.2, 0.25) is 0 Å². The van der Waals surface area contributed by atoms with E-state index in [0.717, 1.165) is 16.6 Å². The molecule has 0 aromatic carbocycles. The van der Waals surface area contributed by atoms with E-state index < -0.39 is 6.03 Å². The quantitative estimate of drug-likeness (QED) is 0.641. The van der Waals surface area contributed by atoms with Crippen molar-refractivity contribution in [2.75, 3.05) is 10.7 Å². The van der Waals surface area contributed by atoms with Gasteiger partial charge >= 0.3 is 6.03 Å². The van der Waals surface area contributed by atoms with Crippen molar-refractivity contribution in [3.8, 4) is 0 Å². The molecule has 3 heterocycles. The third-order valence-electron chi connectivity index (χ3n) is 3.15. The molecule has 0 aliphatic heterocycles. The number of pyridine rings is 2. The van der Waals surface area contributed by atoms with Crippen molar-refractivity contribution >= 4 is 28.6 Å². The van der Waals surface area contributed by atoms with Crippen LogP contribution in [0.15, 0.2) is 36.8 Å². The molecule has 0 saturated carbocycles. The van der Waals surface area contributed by atoms with Crippen molar-refractivity contribution < 1.29 is 4.79 Å². The van der Waals surface area contributed by atoms with E-state index in [1.54, 1.807) is 35.4 Å². The van der Waals surface area contributed by atoms with Gasteiger partial charge < -0.3 is 5.32 Å². The van der Waals surface area contributed by atoms with Crippen molar-refractivity contribution in [2.45, 2.75) is 6.92 Å². The number of hydrogen-bond acceptors (Lipinski definition) is 5. The monoisotopic (exact) mass is 297 g/mol. The molecule has 0 atom stereocenters. The highest BCUT2D eigenvalue weighted by Crippen LogP contribution is 2.18. The third-order valence-corrected chi connectivity index (χ3v) is 3.15. The summed E-state index contributed by atoms with van der Waals surface area (Å²) in [5.41, 5.74) is 7.75. The Morgan fingerprint density at radius 2 is 2.05 bits per heavy atom. The Hall–Kier alpha value is -3.16. The number of hydrazine groups is 1. The average molecular weight is 297 g/mol. The second kappa shape index (κ2) is 5.68. The van der Waals surface area contributed by atoms with Gasteiger partial charge in [0, 0.05) is 30.5 Å². The van der Waals surface area contributed by atoms with Crippen LogP contribution in [0.25, 0.3) is 11.0 Å². The molecule has 3 aromatic rings. The first kappa shape index (κ1) is 13.8. The van der Waals surface area contributed by atoms with Gasteiger partial charge in [0.15, 0.2) is 5.65 Å². The topological polar surface area (TPSA) is 96.8 Å². The number of amides is 2. The third kappa shape index (κ3) is 2.80. The van der Waals surface area contributed by atoms with E-state index in [9.17, 15) is 4.79 Å². The van der Waals surface area contributed by atoms with Crippen LogP contribution in [0.3, 0.4) is 0 Å². The molecule has 0 bridgehead atoms. The van der Waals surface area contributed by atoms with Crippen LogP contribution in [-0.4, -0.2) is 25.8 Å². The molecule has 22 heavy (non-hydrogen) atoms. The van der Waals surface area contributed by atoms with Gasteiger partial charge in [-0.05, 0) is 30.7 Å². The van der Waals surface area contributed by atoms with Crippen LogP contribution in [0.1, 0.15) is 5.56 Å². The zero-order chi connectivity index (χ0) is 15.5. The molecular weight excluding hydrogens is 282 g/mol. The zero-order valence-corrected chi connectivity index (χ0v) is 12.2. The van der Waals surface area contributed by atoms with Gasteiger partial charge in [0.2, 0.25) is 0 Å². The molecule has 8 heteroatoms. The van der Waals surface area contributed by atoms with Gasteiger partial charge in [-0.3, -0.25) is 20.5 Å². The average Bonchev–Trinajstić information content (AvgIpc) is 2.88. The molecule has 0 unspecified atom stereocenters. The van der Waals surface area contributed by atoms with Crippen LogP contribution in [0.4, 0.5) is 16.3 Å². The number of aryl methyl sites for hydroxylation is 2. The smallest absolute Gasteiger partial charge is 0.306 e. The number of anilines is 2. The lowest BCUT2D eigenvalue weighted by molar-refractivity contribution is 0.254. The van der Waals surface area contributed by atoms with E-state index in [-0.39, 0.29) is 0 Å². The highest BCUT2D eigenvalue weighted by Gasteiger charge is 2.07. The molecule has 0 aliphatic carbocycles. The summed E-state index contributed by atoms with van der Waals surface area (Å²) in [6, 6.07) is 4.85. The standard InChI is InChI=1S/C14H15N7O/c1-9-7-12(18-13-11(9)8-16-21(13)2)19-20-14(22)17-10-3-5-15-6-4-10/h3-8H,1-2H3,(H,18,19)(H2,15,17,20,22).